The Kier molecular flexibility index (Phi) is 4.61. The van der Waals surface area contributed by atoms with Crippen LogP contribution in [0, 0.1) is 13.8 Å². The minimum atomic E-state index is -0.204. The average molecular weight is 374 g/mol. The predicted octanol–water partition coefficient (Wildman–Crippen LogP) is 4.02. The fourth-order valence-electron chi connectivity index (χ4n) is 3.29. The Morgan fingerprint density at radius 1 is 1.14 bits per heavy atom. The third-order valence-corrected chi connectivity index (χ3v) is 4.73. The summed E-state index contributed by atoms with van der Waals surface area (Å²) in [5.41, 5.74) is 5.28. The Labute approximate surface area is 163 Å². The van der Waals surface area contributed by atoms with Gasteiger partial charge in [0.25, 0.3) is 5.91 Å². The lowest BCUT2D eigenvalue weighted by Crippen LogP contribution is -2.25. The quantitative estimate of drug-likeness (QED) is 0.574. The lowest BCUT2D eigenvalue weighted by Gasteiger charge is -2.11. The first-order chi connectivity index (χ1) is 13.5. The van der Waals surface area contributed by atoms with Gasteiger partial charge in [0.2, 0.25) is 0 Å². The van der Waals surface area contributed by atoms with Crippen LogP contribution in [0.2, 0.25) is 0 Å². The summed E-state index contributed by atoms with van der Waals surface area (Å²) in [5.74, 6) is 0.498. The molecule has 0 saturated heterocycles. The zero-order valence-corrected chi connectivity index (χ0v) is 16.1. The van der Waals surface area contributed by atoms with Gasteiger partial charge in [-0.1, -0.05) is 17.7 Å². The smallest absolute Gasteiger partial charge is 0.270 e. The van der Waals surface area contributed by atoms with E-state index in [4.69, 9.17) is 9.52 Å². The summed E-state index contributed by atoms with van der Waals surface area (Å²) in [6.45, 7) is 4.40. The summed E-state index contributed by atoms with van der Waals surface area (Å²) in [5, 5.41) is 7.67. The van der Waals surface area contributed by atoms with Crippen molar-refractivity contribution in [2.75, 3.05) is 0 Å². The van der Waals surface area contributed by atoms with E-state index in [1.165, 1.54) is 5.56 Å². The molecule has 0 saturated carbocycles. The van der Waals surface area contributed by atoms with E-state index in [0.717, 1.165) is 22.6 Å². The normalized spacial score (nSPS) is 11.0. The van der Waals surface area contributed by atoms with E-state index in [1.54, 1.807) is 17.0 Å². The number of nitrogens with zero attached hydrogens (tertiary/aromatic N) is 3. The van der Waals surface area contributed by atoms with Crippen LogP contribution in [0.1, 0.15) is 27.4 Å². The van der Waals surface area contributed by atoms with Gasteiger partial charge in [0.1, 0.15) is 17.1 Å². The number of hydrogen-bond acceptors (Lipinski definition) is 3. The number of furan rings is 1. The molecule has 142 valence electrons. The molecule has 1 N–H and O–H groups in total. The lowest BCUT2D eigenvalue weighted by molar-refractivity contribution is 0.0940. The van der Waals surface area contributed by atoms with E-state index in [-0.39, 0.29) is 5.91 Å². The van der Waals surface area contributed by atoms with Crippen molar-refractivity contribution in [3.05, 3.63) is 83.6 Å². The lowest BCUT2D eigenvalue weighted by atomic mass is 10.1. The molecule has 0 spiro atoms. The predicted molar refractivity (Wildman–Crippen MR) is 107 cm³/mol. The van der Waals surface area contributed by atoms with Crippen LogP contribution in [-0.2, 0) is 13.6 Å². The van der Waals surface area contributed by atoms with Gasteiger partial charge in [0.15, 0.2) is 0 Å². The summed E-state index contributed by atoms with van der Waals surface area (Å²) in [6.07, 6.45) is 3.55. The Morgan fingerprint density at radius 3 is 2.68 bits per heavy atom. The van der Waals surface area contributed by atoms with Crippen molar-refractivity contribution in [2.45, 2.75) is 20.4 Å². The van der Waals surface area contributed by atoms with Gasteiger partial charge in [-0.15, -0.1) is 0 Å². The zero-order valence-electron chi connectivity index (χ0n) is 16.1. The number of carbonyl (C=O) groups excluding carboxylic acids is 1. The van der Waals surface area contributed by atoms with Crippen LogP contribution < -0.4 is 5.32 Å². The van der Waals surface area contributed by atoms with E-state index in [0.29, 0.717) is 18.0 Å². The van der Waals surface area contributed by atoms with Crippen LogP contribution in [-0.4, -0.2) is 20.3 Å². The first-order valence-corrected chi connectivity index (χ1v) is 9.13. The molecule has 28 heavy (non-hydrogen) atoms. The van der Waals surface area contributed by atoms with Gasteiger partial charge >= 0.3 is 0 Å². The maximum absolute atomic E-state index is 13.0. The van der Waals surface area contributed by atoms with Gasteiger partial charge in [-0.3, -0.25) is 4.79 Å². The molecule has 0 bridgehead atoms. The van der Waals surface area contributed by atoms with Crippen molar-refractivity contribution in [3.63, 3.8) is 0 Å². The van der Waals surface area contributed by atoms with Crippen LogP contribution in [0.4, 0.5) is 0 Å². The van der Waals surface area contributed by atoms with Crippen LogP contribution >= 0.6 is 0 Å². The highest BCUT2D eigenvalue weighted by Gasteiger charge is 2.19. The number of aryl methyl sites for hydroxylation is 3. The second kappa shape index (κ2) is 7.23. The van der Waals surface area contributed by atoms with Gasteiger partial charge in [0, 0.05) is 13.2 Å². The van der Waals surface area contributed by atoms with E-state index < -0.39 is 0 Å². The molecule has 1 aromatic carbocycles. The maximum Gasteiger partial charge on any atom is 0.270 e. The fraction of sp³-hybridized carbons (Fsp3) is 0.182. The highest BCUT2D eigenvalue weighted by atomic mass is 16.3. The molecule has 6 heteroatoms. The van der Waals surface area contributed by atoms with Crippen molar-refractivity contribution >= 4 is 5.91 Å². The summed E-state index contributed by atoms with van der Waals surface area (Å²) < 4.78 is 9.01. The van der Waals surface area contributed by atoms with Crippen molar-refractivity contribution in [1.29, 1.82) is 0 Å². The molecule has 0 aliphatic rings. The van der Waals surface area contributed by atoms with Crippen molar-refractivity contribution in [1.82, 2.24) is 19.7 Å². The maximum atomic E-state index is 13.0. The first kappa shape index (κ1) is 17.9. The van der Waals surface area contributed by atoms with E-state index in [9.17, 15) is 4.79 Å². The number of rotatable bonds is 5. The highest BCUT2D eigenvalue weighted by Crippen LogP contribution is 2.24. The second-order valence-corrected chi connectivity index (χ2v) is 6.88. The Hall–Kier alpha value is -3.54. The topological polar surface area (TPSA) is 65.0 Å². The minimum absolute atomic E-state index is 0.204. The van der Waals surface area contributed by atoms with Gasteiger partial charge in [0.05, 0.1) is 24.2 Å². The molecular weight excluding hydrogens is 352 g/mol. The number of aromatic nitrogens is 3. The number of benzene rings is 1. The molecular formula is C22H22N4O2. The monoisotopic (exact) mass is 374 g/mol. The van der Waals surface area contributed by atoms with Crippen molar-refractivity contribution in [3.8, 4) is 17.1 Å². The number of nitrogens with one attached hydrogen (secondary N) is 1. The molecule has 0 atom stereocenters. The zero-order chi connectivity index (χ0) is 19.7. The molecule has 4 rings (SSSR count). The first-order valence-electron chi connectivity index (χ1n) is 9.13. The molecule has 6 nitrogen and oxygen atoms in total. The largest absolute Gasteiger partial charge is 0.467 e. The molecule has 0 aliphatic heterocycles. The number of carbonyl (C=O) groups is 1. The van der Waals surface area contributed by atoms with Crippen LogP contribution in [0.3, 0.4) is 0 Å². The second-order valence-electron chi connectivity index (χ2n) is 6.88. The average Bonchev–Trinajstić information content (AvgIpc) is 3.40. The van der Waals surface area contributed by atoms with Gasteiger partial charge in [-0.05, 0) is 55.8 Å². The molecule has 1 amide bonds. The summed E-state index contributed by atoms with van der Waals surface area (Å²) in [7, 11) is 1.96. The molecule has 3 heterocycles. The number of amides is 1. The molecule has 3 aromatic heterocycles. The van der Waals surface area contributed by atoms with Crippen molar-refractivity contribution < 1.29 is 9.21 Å². The summed E-state index contributed by atoms with van der Waals surface area (Å²) in [4.78, 5) is 13.0. The molecule has 0 unspecified atom stereocenters. The highest BCUT2D eigenvalue weighted by molar-refractivity contribution is 5.94. The van der Waals surface area contributed by atoms with Crippen LogP contribution in [0.15, 0.2) is 65.4 Å². The fourth-order valence-corrected chi connectivity index (χ4v) is 3.29. The summed E-state index contributed by atoms with van der Waals surface area (Å²) >= 11 is 0. The molecule has 0 fully saturated rings. The van der Waals surface area contributed by atoms with Crippen LogP contribution in [0.25, 0.3) is 17.1 Å². The van der Waals surface area contributed by atoms with E-state index in [1.807, 2.05) is 68.1 Å². The van der Waals surface area contributed by atoms with Gasteiger partial charge in [-0.25, -0.2) is 4.68 Å². The van der Waals surface area contributed by atoms with Crippen molar-refractivity contribution in [2.24, 2.45) is 7.05 Å². The standard InChI is InChI=1S/C22H22N4O2/c1-15-8-9-19(16(2)12-15)26-21(22(27)23-14-17-6-5-11-28-17)13-18(24-26)20-7-4-10-25(20)3/h4-13H,14H2,1-3H3,(H,23,27). The summed E-state index contributed by atoms with van der Waals surface area (Å²) in [6, 6.07) is 15.5. The minimum Gasteiger partial charge on any atom is -0.467 e. The SMILES string of the molecule is Cc1ccc(-n2nc(-c3cccn3C)cc2C(=O)NCc2ccco2)c(C)c1. The molecule has 0 radical (unpaired) electrons. The third-order valence-electron chi connectivity index (χ3n) is 4.73. The van der Waals surface area contributed by atoms with Crippen LogP contribution in [0.5, 0.6) is 0 Å². The molecule has 0 aliphatic carbocycles. The Balaban J connectivity index is 1.75. The van der Waals surface area contributed by atoms with Gasteiger partial charge < -0.3 is 14.3 Å². The Morgan fingerprint density at radius 2 is 2.00 bits per heavy atom. The third kappa shape index (κ3) is 3.36. The Bertz CT molecular complexity index is 1120. The van der Waals surface area contributed by atoms with E-state index >= 15 is 0 Å². The molecule has 4 aromatic rings. The number of hydrogen-bond donors (Lipinski definition) is 1. The van der Waals surface area contributed by atoms with E-state index in [2.05, 4.69) is 11.4 Å². The van der Waals surface area contributed by atoms with Gasteiger partial charge in [-0.2, -0.15) is 5.10 Å².